The molecule has 0 aliphatic carbocycles. The van der Waals surface area contributed by atoms with Gasteiger partial charge in [0.25, 0.3) is 0 Å². The van der Waals surface area contributed by atoms with Gasteiger partial charge in [-0.3, -0.25) is 0 Å². The first kappa shape index (κ1) is 10.3. The van der Waals surface area contributed by atoms with Gasteiger partial charge in [-0.15, -0.1) is 0 Å². The number of fused-ring (bicyclic) bond motifs is 3. The Morgan fingerprint density at radius 3 is 2.53 bits per heavy atom. The zero-order valence-corrected chi connectivity index (χ0v) is 10.4. The van der Waals surface area contributed by atoms with E-state index in [2.05, 4.69) is 60.8 Å². The van der Waals surface area contributed by atoms with Crippen molar-refractivity contribution in [1.29, 1.82) is 0 Å². The van der Waals surface area contributed by atoms with Crippen LogP contribution < -0.4 is 0 Å². The number of rotatable bonds is 1. The number of nitrogens with zero attached hydrogens (tertiary/aromatic N) is 2. The molecule has 0 amide bonds. The molecule has 0 saturated heterocycles. The topological polar surface area (TPSA) is 17.8 Å². The SMILES string of the molecule is CC(C)c1cc2ncn(C)c2c2ccccc12. The van der Waals surface area contributed by atoms with E-state index in [9.17, 15) is 0 Å². The summed E-state index contributed by atoms with van der Waals surface area (Å²) in [6.45, 7) is 4.47. The third kappa shape index (κ3) is 1.44. The van der Waals surface area contributed by atoms with E-state index in [1.165, 1.54) is 21.9 Å². The van der Waals surface area contributed by atoms with E-state index < -0.39 is 0 Å². The number of imidazole rings is 1. The van der Waals surface area contributed by atoms with Crippen molar-refractivity contribution in [1.82, 2.24) is 9.55 Å². The molecule has 0 N–H and O–H groups in total. The lowest BCUT2D eigenvalue weighted by Crippen LogP contribution is -1.92. The van der Waals surface area contributed by atoms with Crippen molar-refractivity contribution in [3.8, 4) is 0 Å². The van der Waals surface area contributed by atoms with Crippen molar-refractivity contribution < 1.29 is 0 Å². The molecular formula is C15H16N2. The number of benzene rings is 2. The van der Waals surface area contributed by atoms with Crippen LogP contribution in [0.3, 0.4) is 0 Å². The molecule has 1 heterocycles. The number of hydrogen-bond donors (Lipinski definition) is 0. The summed E-state index contributed by atoms with van der Waals surface area (Å²) in [5.74, 6) is 0.520. The summed E-state index contributed by atoms with van der Waals surface area (Å²) in [7, 11) is 2.05. The Labute approximate surface area is 101 Å². The molecule has 17 heavy (non-hydrogen) atoms. The molecule has 0 unspecified atom stereocenters. The van der Waals surface area contributed by atoms with Gasteiger partial charge in [-0.25, -0.2) is 4.98 Å². The second-order valence-corrected chi connectivity index (χ2v) is 4.89. The van der Waals surface area contributed by atoms with Gasteiger partial charge in [0.2, 0.25) is 0 Å². The highest BCUT2D eigenvalue weighted by molar-refractivity contribution is 6.06. The minimum absolute atomic E-state index is 0.520. The first-order chi connectivity index (χ1) is 8.18. The minimum atomic E-state index is 0.520. The molecule has 2 heteroatoms. The highest BCUT2D eigenvalue weighted by Crippen LogP contribution is 2.31. The fraction of sp³-hybridized carbons (Fsp3) is 0.267. The molecule has 2 aromatic carbocycles. The van der Waals surface area contributed by atoms with Crippen molar-refractivity contribution in [2.45, 2.75) is 19.8 Å². The van der Waals surface area contributed by atoms with Crippen LogP contribution in [0.4, 0.5) is 0 Å². The van der Waals surface area contributed by atoms with Crippen molar-refractivity contribution in [2.24, 2.45) is 7.05 Å². The zero-order valence-electron chi connectivity index (χ0n) is 10.4. The number of aryl methyl sites for hydroxylation is 1. The van der Waals surface area contributed by atoms with Crippen LogP contribution >= 0.6 is 0 Å². The average molecular weight is 224 g/mol. The minimum Gasteiger partial charge on any atom is -0.333 e. The summed E-state index contributed by atoms with van der Waals surface area (Å²) in [5, 5.41) is 2.65. The van der Waals surface area contributed by atoms with Gasteiger partial charge in [0.05, 0.1) is 17.4 Å². The maximum absolute atomic E-state index is 4.47. The van der Waals surface area contributed by atoms with Crippen LogP contribution in [0.5, 0.6) is 0 Å². The molecule has 0 atom stereocenters. The Hall–Kier alpha value is -1.83. The lowest BCUT2D eigenvalue weighted by Gasteiger charge is -2.11. The molecule has 86 valence electrons. The average Bonchev–Trinajstić information content (AvgIpc) is 2.70. The van der Waals surface area contributed by atoms with E-state index in [0.29, 0.717) is 5.92 Å². The molecule has 0 aliphatic heterocycles. The van der Waals surface area contributed by atoms with Crippen LogP contribution in [-0.2, 0) is 7.05 Å². The molecule has 0 fully saturated rings. The molecule has 0 aliphatic rings. The van der Waals surface area contributed by atoms with Crippen LogP contribution in [0.25, 0.3) is 21.8 Å². The summed E-state index contributed by atoms with van der Waals surface area (Å²) < 4.78 is 2.10. The fourth-order valence-corrected chi connectivity index (χ4v) is 2.53. The molecule has 0 radical (unpaired) electrons. The largest absolute Gasteiger partial charge is 0.333 e. The van der Waals surface area contributed by atoms with Gasteiger partial charge < -0.3 is 4.57 Å². The second-order valence-electron chi connectivity index (χ2n) is 4.89. The first-order valence-corrected chi connectivity index (χ1v) is 6.01. The van der Waals surface area contributed by atoms with Crippen LogP contribution in [0.1, 0.15) is 25.3 Å². The lowest BCUT2D eigenvalue weighted by atomic mass is 9.95. The Kier molecular flexibility index (Phi) is 2.18. The van der Waals surface area contributed by atoms with Crippen LogP contribution in [0.2, 0.25) is 0 Å². The third-order valence-electron chi connectivity index (χ3n) is 3.37. The Morgan fingerprint density at radius 1 is 1.12 bits per heavy atom. The van der Waals surface area contributed by atoms with E-state index >= 15 is 0 Å². The molecule has 1 aromatic heterocycles. The fourth-order valence-electron chi connectivity index (χ4n) is 2.53. The molecule has 0 bridgehead atoms. The van der Waals surface area contributed by atoms with Gasteiger partial charge in [-0.05, 0) is 22.9 Å². The standard InChI is InChI=1S/C15H16N2/c1-10(2)13-8-14-15(17(3)9-16-14)12-7-5-4-6-11(12)13/h4-10H,1-3H3. The predicted octanol–water partition coefficient (Wildman–Crippen LogP) is 3.85. The van der Waals surface area contributed by atoms with Gasteiger partial charge in [0, 0.05) is 12.4 Å². The van der Waals surface area contributed by atoms with E-state index in [1.54, 1.807) is 0 Å². The first-order valence-electron chi connectivity index (χ1n) is 6.01. The Morgan fingerprint density at radius 2 is 1.82 bits per heavy atom. The van der Waals surface area contributed by atoms with Crippen molar-refractivity contribution in [2.75, 3.05) is 0 Å². The van der Waals surface area contributed by atoms with Crippen LogP contribution in [-0.4, -0.2) is 9.55 Å². The summed E-state index contributed by atoms with van der Waals surface area (Å²) in [6.07, 6.45) is 1.89. The van der Waals surface area contributed by atoms with E-state index in [4.69, 9.17) is 0 Å². The number of aromatic nitrogens is 2. The Bertz CT molecular complexity index is 693. The summed E-state index contributed by atoms with van der Waals surface area (Å²) in [6, 6.07) is 10.8. The van der Waals surface area contributed by atoms with Crippen LogP contribution in [0, 0.1) is 0 Å². The van der Waals surface area contributed by atoms with Crippen molar-refractivity contribution >= 4 is 21.8 Å². The maximum atomic E-state index is 4.47. The zero-order chi connectivity index (χ0) is 12.0. The quantitative estimate of drug-likeness (QED) is 0.614. The summed E-state index contributed by atoms with van der Waals surface area (Å²) in [4.78, 5) is 4.47. The van der Waals surface area contributed by atoms with E-state index in [0.717, 1.165) is 5.52 Å². The molecule has 3 rings (SSSR count). The van der Waals surface area contributed by atoms with Crippen LogP contribution in [0.15, 0.2) is 36.7 Å². The van der Waals surface area contributed by atoms with E-state index in [1.807, 2.05) is 6.33 Å². The van der Waals surface area contributed by atoms with Gasteiger partial charge in [0.15, 0.2) is 0 Å². The molecule has 0 spiro atoms. The van der Waals surface area contributed by atoms with Gasteiger partial charge in [-0.2, -0.15) is 0 Å². The predicted molar refractivity (Wildman–Crippen MR) is 72.3 cm³/mol. The maximum Gasteiger partial charge on any atom is 0.0955 e. The summed E-state index contributed by atoms with van der Waals surface area (Å²) >= 11 is 0. The highest BCUT2D eigenvalue weighted by atomic mass is 15.0. The normalized spacial score (nSPS) is 11.8. The van der Waals surface area contributed by atoms with Gasteiger partial charge in [0.1, 0.15) is 0 Å². The molecular weight excluding hydrogens is 208 g/mol. The van der Waals surface area contributed by atoms with Gasteiger partial charge in [-0.1, -0.05) is 38.1 Å². The Balaban J connectivity index is 2.57. The molecule has 2 nitrogen and oxygen atoms in total. The molecule has 3 aromatic rings. The van der Waals surface area contributed by atoms with E-state index in [-0.39, 0.29) is 0 Å². The lowest BCUT2D eigenvalue weighted by molar-refractivity contribution is 0.877. The second kappa shape index (κ2) is 3.59. The van der Waals surface area contributed by atoms with Gasteiger partial charge >= 0.3 is 0 Å². The van der Waals surface area contributed by atoms with Crippen molar-refractivity contribution in [3.63, 3.8) is 0 Å². The summed E-state index contributed by atoms with van der Waals surface area (Å²) in [5.41, 5.74) is 3.70. The van der Waals surface area contributed by atoms with Crippen molar-refractivity contribution in [3.05, 3.63) is 42.2 Å². The number of hydrogen-bond acceptors (Lipinski definition) is 1. The monoisotopic (exact) mass is 224 g/mol. The smallest absolute Gasteiger partial charge is 0.0955 e. The third-order valence-corrected chi connectivity index (χ3v) is 3.37. The highest BCUT2D eigenvalue weighted by Gasteiger charge is 2.11. The molecule has 0 saturated carbocycles.